The average molecular weight is 545 g/mol. The number of rotatable bonds is 5. The van der Waals surface area contributed by atoms with Crippen LogP contribution in [-0.2, 0) is 27.8 Å². The quantitative estimate of drug-likeness (QED) is 0.388. The molecule has 1 fully saturated rings. The number of carbonyl (C=O) groups is 1. The largest absolute Gasteiger partial charge is 0.316 e. The molecule has 2 aliphatic rings. The predicted octanol–water partition coefficient (Wildman–Crippen LogP) is 4.87. The average Bonchev–Trinajstić information content (AvgIpc) is 3.63. The van der Waals surface area contributed by atoms with Crippen LogP contribution >= 0.6 is 34.0 Å². The third-order valence-corrected chi connectivity index (χ3v) is 12.0. The summed E-state index contributed by atoms with van der Waals surface area (Å²) in [6.45, 7) is 2.13. The van der Waals surface area contributed by atoms with Crippen LogP contribution in [0.5, 0.6) is 0 Å². The molecule has 35 heavy (non-hydrogen) atoms. The predicted molar refractivity (Wildman–Crippen MR) is 143 cm³/mol. The number of aromatic nitrogens is 1. The minimum Gasteiger partial charge on any atom is -0.316 e. The van der Waals surface area contributed by atoms with Crippen LogP contribution in [0.15, 0.2) is 46.0 Å². The number of thiazole rings is 1. The van der Waals surface area contributed by atoms with Crippen LogP contribution in [0.25, 0.3) is 20.8 Å². The number of fused-ring (bicyclic) bond motifs is 2. The number of carbonyl (C=O) groups excluding carboxylic acids is 1. The van der Waals surface area contributed by atoms with Gasteiger partial charge in [-0.1, -0.05) is 18.2 Å². The molecule has 0 radical (unpaired) electrons. The molecule has 0 saturated carbocycles. The summed E-state index contributed by atoms with van der Waals surface area (Å²) in [5, 5.41) is 6.56. The van der Waals surface area contributed by atoms with Crippen molar-refractivity contribution in [1.82, 2.24) is 14.2 Å². The number of nitrogens with zero attached hydrogens (tertiary/aromatic N) is 3. The Morgan fingerprint density at radius 2 is 2.00 bits per heavy atom. The van der Waals surface area contributed by atoms with E-state index in [1.165, 1.54) is 26.1 Å². The van der Waals surface area contributed by atoms with E-state index in [4.69, 9.17) is 4.98 Å². The molecule has 4 aromatic rings. The molecule has 0 bridgehead atoms. The van der Waals surface area contributed by atoms with E-state index in [1.807, 2.05) is 18.2 Å². The first-order valence-electron chi connectivity index (χ1n) is 11.5. The van der Waals surface area contributed by atoms with Crippen molar-refractivity contribution in [3.05, 3.63) is 52.2 Å². The normalized spacial score (nSPS) is 19.3. The standard InChI is InChI=1S/C24H24N4O3S4/c1-27-12-10-15-19(14-27)34-24(21(15)23-25-16-6-2-3-8-18(16)33-23)26-22(29)17-7-4-11-28(17)35(30,31)20-9-5-13-32-20/h2-3,5-6,8-9,13,17H,4,7,10-12,14H2,1H3,(H,26,29). The van der Waals surface area contributed by atoms with Gasteiger partial charge in [0.1, 0.15) is 20.3 Å². The minimum atomic E-state index is -3.69. The lowest BCUT2D eigenvalue weighted by molar-refractivity contribution is -0.119. The van der Waals surface area contributed by atoms with Gasteiger partial charge in [0, 0.05) is 30.1 Å². The Morgan fingerprint density at radius 3 is 2.80 bits per heavy atom. The number of hydrogen-bond acceptors (Lipinski definition) is 8. The maximum atomic E-state index is 13.5. The summed E-state index contributed by atoms with van der Waals surface area (Å²) >= 11 is 4.41. The molecule has 6 rings (SSSR count). The zero-order chi connectivity index (χ0) is 24.2. The number of para-hydroxylation sites is 1. The van der Waals surface area contributed by atoms with E-state index in [2.05, 4.69) is 23.3 Å². The van der Waals surface area contributed by atoms with Crippen LogP contribution in [0, 0.1) is 0 Å². The first kappa shape index (κ1) is 23.3. The van der Waals surface area contributed by atoms with E-state index in [0.717, 1.165) is 45.3 Å². The molecule has 182 valence electrons. The summed E-state index contributed by atoms with van der Waals surface area (Å²) in [7, 11) is -1.59. The van der Waals surface area contributed by atoms with Crippen LogP contribution in [-0.4, -0.2) is 54.7 Å². The Balaban J connectivity index is 1.36. The van der Waals surface area contributed by atoms with Crippen molar-refractivity contribution >= 4 is 65.2 Å². The summed E-state index contributed by atoms with van der Waals surface area (Å²) < 4.78 is 29.1. The molecule has 0 spiro atoms. The second-order valence-corrected chi connectivity index (χ2v) is 14.1. The zero-order valence-electron chi connectivity index (χ0n) is 19.1. The number of hydrogen-bond donors (Lipinski definition) is 1. The number of benzene rings is 1. The van der Waals surface area contributed by atoms with E-state index in [1.54, 1.807) is 40.2 Å². The highest BCUT2D eigenvalue weighted by molar-refractivity contribution is 7.91. The summed E-state index contributed by atoms with van der Waals surface area (Å²) in [5.41, 5.74) is 3.19. The molecule has 11 heteroatoms. The lowest BCUT2D eigenvalue weighted by Crippen LogP contribution is -2.42. The topological polar surface area (TPSA) is 82.6 Å². The molecular weight excluding hydrogens is 521 g/mol. The second-order valence-electron chi connectivity index (χ2n) is 8.88. The fourth-order valence-electron chi connectivity index (χ4n) is 4.84. The maximum Gasteiger partial charge on any atom is 0.253 e. The summed E-state index contributed by atoms with van der Waals surface area (Å²) in [6.07, 6.45) is 2.08. The van der Waals surface area contributed by atoms with Crippen molar-refractivity contribution in [1.29, 1.82) is 0 Å². The van der Waals surface area contributed by atoms with Crippen molar-refractivity contribution in [2.45, 2.75) is 36.1 Å². The molecule has 5 heterocycles. The van der Waals surface area contributed by atoms with Gasteiger partial charge in [-0.3, -0.25) is 4.79 Å². The van der Waals surface area contributed by atoms with Crippen molar-refractivity contribution in [2.75, 3.05) is 25.5 Å². The fraction of sp³-hybridized carbons (Fsp3) is 0.333. The molecule has 1 atom stereocenters. The van der Waals surface area contributed by atoms with Gasteiger partial charge in [-0.2, -0.15) is 4.31 Å². The van der Waals surface area contributed by atoms with E-state index < -0.39 is 16.1 Å². The van der Waals surface area contributed by atoms with Gasteiger partial charge in [-0.05, 0) is 55.5 Å². The van der Waals surface area contributed by atoms with Crippen LogP contribution in [0.1, 0.15) is 23.3 Å². The highest BCUT2D eigenvalue weighted by Crippen LogP contribution is 2.46. The molecule has 7 nitrogen and oxygen atoms in total. The van der Waals surface area contributed by atoms with Crippen molar-refractivity contribution in [2.24, 2.45) is 0 Å². The van der Waals surface area contributed by atoms with E-state index in [9.17, 15) is 13.2 Å². The lowest BCUT2D eigenvalue weighted by atomic mass is 10.0. The summed E-state index contributed by atoms with van der Waals surface area (Å²) in [6, 6.07) is 10.7. The van der Waals surface area contributed by atoms with E-state index in [-0.39, 0.29) is 10.1 Å². The molecule has 1 N–H and O–H groups in total. The molecular formula is C24H24N4O3S4. The molecule has 1 aromatic carbocycles. The molecule has 1 unspecified atom stereocenters. The summed E-state index contributed by atoms with van der Waals surface area (Å²) in [4.78, 5) is 21.9. The van der Waals surface area contributed by atoms with Gasteiger partial charge in [0.2, 0.25) is 5.91 Å². The van der Waals surface area contributed by atoms with E-state index >= 15 is 0 Å². The SMILES string of the molecule is CN1CCc2c(sc(NC(=O)C3CCCN3S(=O)(=O)c3cccs3)c2-c2nc3ccccc3s2)C1. The van der Waals surface area contributed by atoms with Gasteiger partial charge in [0.25, 0.3) is 10.0 Å². The van der Waals surface area contributed by atoms with Gasteiger partial charge >= 0.3 is 0 Å². The van der Waals surface area contributed by atoms with Gasteiger partial charge < -0.3 is 10.2 Å². The third kappa shape index (κ3) is 4.13. The molecule has 0 aliphatic carbocycles. The number of thiophene rings is 2. The minimum absolute atomic E-state index is 0.267. The number of amides is 1. The highest BCUT2D eigenvalue weighted by atomic mass is 32.2. The van der Waals surface area contributed by atoms with Gasteiger partial charge in [-0.25, -0.2) is 13.4 Å². The number of sulfonamides is 1. The monoisotopic (exact) mass is 544 g/mol. The smallest absolute Gasteiger partial charge is 0.253 e. The van der Waals surface area contributed by atoms with Gasteiger partial charge in [-0.15, -0.1) is 34.0 Å². The number of anilines is 1. The Morgan fingerprint density at radius 1 is 1.14 bits per heavy atom. The van der Waals surface area contributed by atoms with Crippen LogP contribution < -0.4 is 5.32 Å². The van der Waals surface area contributed by atoms with Crippen molar-refractivity contribution < 1.29 is 13.2 Å². The molecule has 1 amide bonds. The third-order valence-electron chi connectivity index (χ3n) is 6.56. The number of nitrogens with one attached hydrogen (secondary N) is 1. The lowest BCUT2D eigenvalue weighted by Gasteiger charge is -2.23. The van der Waals surface area contributed by atoms with Crippen LogP contribution in [0.4, 0.5) is 5.00 Å². The molecule has 3 aromatic heterocycles. The fourth-order valence-corrected chi connectivity index (χ4v) is 10.1. The molecule has 2 aliphatic heterocycles. The van der Waals surface area contributed by atoms with Crippen LogP contribution in [0.3, 0.4) is 0 Å². The van der Waals surface area contributed by atoms with E-state index in [0.29, 0.717) is 19.4 Å². The maximum absolute atomic E-state index is 13.5. The zero-order valence-corrected chi connectivity index (χ0v) is 22.3. The highest BCUT2D eigenvalue weighted by Gasteiger charge is 2.40. The van der Waals surface area contributed by atoms with Gasteiger partial charge in [0.05, 0.1) is 10.2 Å². The Hall–Kier alpha value is -2.15. The van der Waals surface area contributed by atoms with Crippen LogP contribution in [0.2, 0.25) is 0 Å². The Bertz CT molecular complexity index is 1470. The first-order chi connectivity index (χ1) is 16.9. The number of likely N-dealkylation sites (N-methyl/N-ethyl adjacent to an activating group) is 1. The Kier molecular flexibility index (Phi) is 6.02. The Labute approximate surface area is 216 Å². The first-order valence-corrected chi connectivity index (χ1v) is 15.4. The van der Waals surface area contributed by atoms with Crippen molar-refractivity contribution in [3.63, 3.8) is 0 Å². The van der Waals surface area contributed by atoms with Gasteiger partial charge in [0.15, 0.2) is 0 Å². The summed E-state index contributed by atoms with van der Waals surface area (Å²) in [5.74, 6) is -0.267. The molecule has 1 saturated heterocycles. The van der Waals surface area contributed by atoms with Crippen molar-refractivity contribution in [3.8, 4) is 10.6 Å². The second kappa shape index (κ2) is 9.06.